The van der Waals surface area contributed by atoms with Crippen molar-refractivity contribution in [3.05, 3.63) is 29.3 Å². The Hall–Kier alpha value is -0.970. The molecule has 2 heterocycles. The van der Waals surface area contributed by atoms with Gasteiger partial charge in [0.05, 0.1) is 21.8 Å². The minimum Gasteiger partial charge on any atom is -0.388 e. The van der Waals surface area contributed by atoms with E-state index in [1.807, 2.05) is 23.7 Å². The zero-order chi connectivity index (χ0) is 12.4. The molecule has 3 nitrogen and oxygen atoms in total. The van der Waals surface area contributed by atoms with Crippen LogP contribution >= 0.6 is 11.3 Å². The quantitative estimate of drug-likeness (QED) is 0.894. The lowest BCUT2D eigenvalue weighted by molar-refractivity contribution is 0.146. The van der Waals surface area contributed by atoms with Crippen LogP contribution in [-0.2, 0) is 0 Å². The summed E-state index contributed by atoms with van der Waals surface area (Å²) in [7, 11) is 0. The standard InChI is InChI=1S/C14H18N2OS/c17-13(8-10-4-1-2-7-15-10)11-5-3-6-12-14(11)18-9-16-12/h3,5-6,9-10,13,15,17H,1-2,4,7-8H2/t10-,13-/m1/s1. The van der Waals surface area contributed by atoms with Gasteiger partial charge in [-0.3, -0.25) is 0 Å². The molecule has 1 aliphatic heterocycles. The minimum atomic E-state index is -0.384. The molecule has 3 rings (SSSR count). The molecule has 1 aliphatic rings. The number of fused-ring (bicyclic) bond motifs is 1. The number of thiazole rings is 1. The lowest BCUT2D eigenvalue weighted by Gasteiger charge is -2.25. The van der Waals surface area contributed by atoms with E-state index < -0.39 is 0 Å². The van der Waals surface area contributed by atoms with Crippen LogP contribution in [-0.4, -0.2) is 22.7 Å². The molecule has 0 amide bonds. The topological polar surface area (TPSA) is 45.1 Å². The molecule has 0 saturated carbocycles. The van der Waals surface area contributed by atoms with Crippen molar-refractivity contribution in [1.29, 1.82) is 0 Å². The fourth-order valence-electron chi connectivity index (χ4n) is 2.69. The molecule has 4 heteroatoms. The smallest absolute Gasteiger partial charge is 0.0819 e. The largest absolute Gasteiger partial charge is 0.388 e. The molecule has 1 aromatic carbocycles. The minimum absolute atomic E-state index is 0.384. The summed E-state index contributed by atoms with van der Waals surface area (Å²) in [5, 5.41) is 13.9. The van der Waals surface area contributed by atoms with E-state index in [9.17, 15) is 5.11 Å². The molecule has 18 heavy (non-hydrogen) atoms. The monoisotopic (exact) mass is 262 g/mol. The highest BCUT2D eigenvalue weighted by Crippen LogP contribution is 2.30. The summed E-state index contributed by atoms with van der Waals surface area (Å²) in [4.78, 5) is 4.30. The summed E-state index contributed by atoms with van der Waals surface area (Å²) in [6.07, 6.45) is 4.13. The normalized spacial score (nSPS) is 22.2. The second-order valence-electron chi connectivity index (χ2n) is 4.95. The predicted molar refractivity (Wildman–Crippen MR) is 74.8 cm³/mol. The zero-order valence-corrected chi connectivity index (χ0v) is 11.1. The van der Waals surface area contributed by atoms with Crippen molar-refractivity contribution in [2.45, 2.75) is 37.8 Å². The Kier molecular flexibility index (Phi) is 3.59. The summed E-state index contributed by atoms with van der Waals surface area (Å²) in [6, 6.07) is 6.46. The van der Waals surface area contributed by atoms with Crippen molar-refractivity contribution >= 4 is 21.6 Å². The second kappa shape index (κ2) is 5.34. The Morgan fingerprint density at radius 3 is 3.22 bits per heavy atom. The molecular weight excluding hydrogens is 244 g/mol. The van der Waals surface area contributed by atoms with Gasteiger partial charge in [0.1, 0.15) is 0 Å². The lowest BCUT2D eigenvalue weighted by Crippen LogP contribution is -2.35. The SMILES string of the molecule is O[C@H](C[C@H]1CCCCN1)c1cccc2ncsc12. The molecule has 1 saturated heterocycles. The number of nitrogens with zero attached hydrogens (tertiary/aromatic N) is 1. The van der Waals surface area contributed by atoms with Gasteiger partial charge in [-0.25, -0.2) is 4.98 Å². The van der Waals surface area contributed by atoms with Crippen LogP contribution in [0.1, 0.15) is 37.4 Å². The van der Waals surface area contributed by atoms with Gasteiger partial charge >= 0.3 is 0 Å². The van der Waals surface area contributed by atoms with Gasteiger partial charge in [0.2, 0.25) is 0 Å². The van der Waals surface area contributed by atoms with Crippen LogP contribution in [0.25, 0.3) is 10.2 Å². The molecule has 96 valence electrons. The van der Waals surface area contributed by atoms with Gasteiger partial charge in [-0.1, -0.05) is 18.6 Å². The first-order valence-electron chi connectivity index (χ1n) is 6.58. The first kappa shape index (κ1) is 12.1. The van der Waals surface area contributed by atoms with Gasteiger partial charge in [-0.15, -0.1) is 11.3 Å². The second-order valence-corrected chi connectivity index (χ2v) is 5.80. The summed E-state index contributed by atoms with van der Waals surface area (Å²) in [5.74, 6) is 0. The van der Waals surface area contributed by atoms with Crippen LogP contribution < -0.4 is 5.32 Å². The number of hydrogen-bond donors (Lipinski definition) is 2. The molecule has 2 aromatic rings. The molecule has 1 aromatic heterocycles. The third-order valence-electron chi connectivity index (χ3n) is 3.67. The molecule has 0 bridgehead atoms. The molecule has 0 spiro atoms. The number of aliphatic hydroxyl groups excluding tert-OH is 1. The number of hydrogen-bond acceptors (Lipinski definition) is 4. The number of nitrogens with one attached hydrogen (secondary N) is 1. The molecule has 1 fully saturated rings. The van der Waals surface area contributed by atoms with Crippen LogP contribution in [0.15, 0.2) is 23.7 Å². The van der Waals surface area contributed by atoms with Crippen LogP contribution in [0.2, 0.25) is 0 Å². The maximum absolute atomic E-state index is 10.4. The molecule has 0 aliphatic carbocycles. The third kappa shape index (κ3) is 2.41. The van der Waals surface area contributed by atoms with E-state index in [2.05, 4.69) is 10.3 Å². The Morgan fingerprint density at radius 2 is 2.39 bits per heavy atom. The summed E-state index contributed by atoms with van der Waals surface area (Å²) in [5.41, 5.74) is 3.87. The summed E-state index contributed by atoms with van der Waals surface area (Å²) in [6.45, 7) is 1.09. The van der Waals surface area contributed by atoms with Crippen molar-refractivity contribution in [2.75, 3.05) is 6.54 Å². The fraction of sp³-hybridized carbons (Fsp3) is 0.500. The number of rotatable bonds is 3. The van der Waals surface area contributed by atoms with E-state index in [0.29, 0.717) is 6.04 Å². The van der Waals surface area contributed by atoms with Crippen molar-refractivity contribution < 1.29 is 5.11 Å². The van der Waals surface area contributed by atoms with E-state index in [4.69, 9.17) is 0 Å². The Bertz CT molecular complexity index is 519. The number of aliphatic hydroxyl groups is 1. The van der Waals surface area contributed by atoms with Gasteiger partial charge in [0.25, 0.3) is 0 Å². The zero-order valence-electron chi connectivity index (χ0n) is 10.3. The average Bonchev–Trinajstić information content (AvgIpc) is 2.87. The fourth-order valence-corrected chi connectivity index (χ4v) is 3.55. The Balaban J connectivity index is 1.78. The Labute approximate surface area is 111 Å². The van der Waals surface area contributed by atoms with E-state index in [0.717, 1.165) is 28.7 Å². The van der Waals surface area contributed by atoms with E-state index in [1.165, 1.54) is 19.3 Å². The molecule has 0 radical (unpaired) electrons. The maximum atomic E-state index is 10.4. The Morgan fingerprint density at radius 1 is 1.44 bits per heavy atom. The van der Waals surface area contributed by atoms with E-state index >= 15 is 0 Å². The van der Waals surface area contributed by atoms with Gasteiger partial charge in [0.15, 0.2) is 0 Å². The van der Waals surface area contributed by atoms with Gasteiger partial charge in [0, 0.05) is 6.04 Å². The first-order valence-corrected chi connectivity index (χ1v) is 7.46. The molecule has 0 unspecified atom stereocenters. The highest BCUT2D eigenvalue weighted by atomic mass is 32.1. The van der Waals surface area contributed by atoms with Crippen molar-refractivity contribution in [2.24, 2.45) is 0 Å². The third-order valence-corrected chi connectivity index (χ3v) is 4.56. The van der Waals surface area contributed by atoms with Crippen LogP contribution in [0.5, 0.6) is 0 Å². The van der Waals surface area contributed by atoms with Crippen molar-refractivity contribution in [3.63, 3.8) is 0 Å². The highest BCUT2D eigenvalue weighted by molar-refractivity contribution is 7.16. The average molecular weight is 262 g/mol. The van der Waals surface area contributed by atoms with Gasteiger partial charge in [-0.05, 0) is 37.4 Å². The summed E-state index contributed by atoms with van der Waals surface area (Å²) < 4.78 is 1.13. The van der Waals surface area contributed by atoms with Crippen molar-refractivity contribution in [1.82, 2.24) is 10.3 Å². The first-order chi connectivity index (χ1) is 8.84. The number of benzene rings is 1. The predicted octanol–water partition coefficient (Wildman–Crippen LogP) is 2.86. The molecular formula is C14H18N2OS. The molecule has 2 atom stereocenters. The van der Waals surface area contributed by atoms with Gasteiger partial charge in [-0.2, -0.15) is 0 Å². The maximum Gasteiger partial charge on any atom is 0.0819 e. The number of piperidine rings is 1. The molecule has 2 N–H and O–H groups in total. The van der Waals surface area contributed by atoms with Crippen LogP contribution in [0.4, 0.5) is 0 Å². The van der Waals surface area contributed by atoms with Gasteiger partial charge < -0.3 is 10.4 Å². The lowest BCUT2D eigenvalue weighted by atomic mass is 9.96. The van der Waals surface area contributed by atoms with E-state index in [1.54, 1.807) is 11.3 Å². The van der Waals surface area contributed by atoms with E-state index in [-0.39, 0.29) is 6.10 Å². The van der Waals surface area contributed by atoms with Crippen molar-refractivity contribution in [3.8, 4) is 0 Å². The highest BCUT2D eigenvalue weighted by Gasteiger charge is 2.19. The number of aromatic nitrogens is 1. The summed E-state index contributed by atoms with van der Waals surface area (Å²) >= 11 is 1.61. The van der Waals surface area contributed by atoms with Crippen LogP contribution in [0.3, 0.4) is 0 Å². The van der Waals surface area contributed by atoms with Crippen LogP contribution in [0, 0.1) is 0 Å².